The molecule has 0 spiro atoms. The van der Waals surface area contributed by atoms with E-state index in [1.807, 2.05) is 0 Å². The van der Waals surface area contributed by atoms with Crippen LogP contribution in [0.3, 0.4) is 0 Å². The summed E-state index contributed by atoms with van der Waals surface area (Å²) in [6, 6.07) is 3.21. The molecule has 13 heavy (non-hydrogen) atoms. The van der Waals surface area contributed by atoms with Crippen LogP contribution in [0.2, 0.25) is 5.02 Å². The Kier molecular flexibility index (Phi) is 2.11. The van der Waals surface area contributed by atoms with Gasteiger partial charge in [-0.3, -0.25) is 0 Å². The molecule has 0 saturated carbocycles. The summed E-state index contributed by atoms with van der Waals surface area (Å²) < 4.78 is 27.3. The van der Waals surface area contributed by atoms with Crippen molar-refractivity contribution >= 4 is 27.5 Å². The van der Waals surface area contributed by atoms with Gasteiger partial charge in [0.05, 0.1) is 5.02 Å². The SMILES string of the molecule is FC1(F)CCc2c(Br)ccc(Cl)c21. The first-order valence-electron chi connectivity index (χ1n) is 3.87. The molecule has 4 heteroatoms. The molecular weight excluding hydrogens is 261 g/mol. The van der Waals surface area contributed by atoms with Crippen LogP contribution in [0.1, 0.15) is 17.5 Å². The molecule has 0 amide bonds. The minimum atomic E-state index is -2.75. The molecule has 1 aliphatic carbocycles. The Morgan fingerprint density at radius 3 is 2.69 bits per heavy atom. The smallest absolute Gasteiger partial charge is 0.201 e. The predicted molar refractivity (Wildman–Crippen MR) is 51.4 cm³/mol. The van der Waals surface area contributed by atoms with Crippen molar-refractivity contribution in [3.63, 3.8) is 0 Å². The molecule has 0 bridgehead atoms. The maximum absolute atomic E-state index is 13.3. The van der Waals surface area contributed by atoms with Crippen LogP contribution in [0, 0.1) is 0 Å². The van der Waals surface area contributed by atoms with Gasteiger partial charge in [0.15, 0.2) is 0 Å². The summed E-state index contributed by atoms with van der Waals surface area (Å²) in [7, 11) is 0. The molecule has 0 heterocycles. The van der Waals surface area contributed by atoms with Gasteiger partial charge in [0.2, 0.25) is 0 Å². The van der Waals surface area contributed by atoms with Crippen molar-refractivity contribution in [1.82, 2.24) is 0 Å². The molecule has 1 aromatic carbocycles. The molecule has 2 rings (SSSR count). The van der Waals surface area contributed by atoms with Gasteiger partial charge < -0.3 is 0 Å². The molecule has 0 saturated heterocycles. The molecule has 0 atom stereocenters. The predicted octanol–water partition coefficient (Wildman–Crippen LogP) is 4.14. The first-order valence-corrected chi connectivity index (χ1v) is 5.04. The lowest BCUT2D eigenvalue weighted by atomic mass is 10.1. The Morgan fingerprint density at radius 2 is 2.08 bits per heavy atom. The lowest BCUT2D eigenvalue weighted by Crippen LogP contribution is -2.08. The van der Waals surface area contributed by atoms with Crippen molar-refractivity contribution in [2.45, 2.75) is 18.8 Å². The summed E-state index contributed by atoms with van der Waals surface area (Å²) in [4.78, 5) is 0. The highest BCUT2D eigenvalue weighted by atomic mass is 79.9. The summed E-state index contributed by atoms with van der Waals surface area (Å²) in [6.45, 7) is 0. The van der Waals surface area contributed by atoms with Gasteiger partial charge in [-0.05, 0) is 24.1 Å². The zero-order valence-electron chi connectivity index (χ0n) is 6.58. The van der Waals surface area contributed by atoms with E-state index in [0.717, 1.165) is 4.47 Å². The van der Waals surface area contributed by atoms with E-state index in [2.05, 4.69) is 15.9 Å². The number of hydrogen-bond acceptors (Lipinski definition) is 0. The number of fused-ring (bicyclic) bond motifs is 1. The van der Waals surface area contributed by atoms with Crippen molar-refractivity contribution < 1.29 is 8.78 Å². The van der Waals surface area contributed by atoms with E-state index in [1.165, 1.54) is 6.07 Å². The fraction of sp³-hybridized carbons (Fsp3) is 0.333. The lowest BCUT2D eigenvalue weighted by molar-refractivity contribution is -0.00173. The lowest BCUT2D eigenvalue weighted by Gasteiger charge is -2.11. The van der Waals surface area contributed by atoms with Gasteiger partial charge >= 0.3 is 0 Å². The van der Waals surface area contributed by atoms with Crippen molar-refractivity contribution in [2.24, 2.45) is 0 Å². The summed E-state index contributed by atoms with van der Waals surface area (Å²) in [5, 5.41) is 0.167. The average Bonchev–Trinajstić information content (AvgIpc) is 2.36. The van der Waals surface area contributed by atoms with Crippen LogP contribution in [0.25, 0.3) is 0 Å². The monoisotopic (exact) mass is 266 g/mol. The van der Waals surface area contributed by atoms with E-state index in [9.17, 15) is 8.78 Å². The summed E-state index contributed by atoms with van der Waals surface area (Å²) in [5.41, 5.74) is 0.654. The Hall–Kier alpha value is -0.150. The molecular formula is C9H6BrClF2. The van der Waals surface area contributed by atoms with Crippen molar-refractivity contribution in [3.8, 4) is 0 Å². The number of benzene rings is 1. The minimum Gasteiger partial charge on any atom is -0.201 e. The average molecular weight is 268 g/mol. The second kappa shape index (κ2) is 2.92. The number of hydrogen-bond donors (Lipinski definition) is 0. The zero-order chi connectivity index (χ0) is 9.64. The largest absolute Gasteiger partial charge is 0.275 e. The number of alkyl halides is 2. The van der Waals surface area contributed by atoms with Gasteiger partial charge in [0.25, 0.3) is 5.92 Å². The molecule has 0 nitrogen and oxygen atoms in total. The van der Waals surface area contributed by atoms with Crippen LogP contribution in [-0.2, 0) is 12.3 Å². The van der Waals surface area contributed by atoms with E-state index in [-0.39, 0.29) is 17.0 Å². The Balaban J connectivity index is 2.70. The van der Waals surface area contributed by atoms with Crippen LogP contribution >= 0.6 is 27.5 Å². The summed E-state index contributed by atoms with van der Waals surface area (Å²) in [6.07, 6.45) is 0.258. The molecule has 0 fully saturated rings. The Labute approximate surface area is 88.0 Å². The highest BCUT2D eigenvalue weighted by Crippen LogP contribution is 2.47. The fourth-order valence-corrected chi connectivity index (χ4v) is 2.48. The number of halogens is 4. The zero-order valence-corrected chi connectivity index (χ0v) is 8.92. The van der Waals surface area contributed by atoms with E-state index in [0.29, 0.717) is 12.0 Å². The van der Waals surface area contributed by atoms with Crippen LogP contribution in [-0.4, -0.2) is 0 Å². The third-order valence-electron chi connectivity index (χ3n) is 2.26. The molecule has 0 unspecified atom stereocenters. The van der Waals surface area contributed by atoms with Crippen molar-refractivity contribution in [2.75, 3.05) is 0 Å². The topological polar surface area (TPSA) is 0 Å². The third-order valence-corrected chi connectivity index (χ3v) is 3.32. The quantitative estimate of drug-likeness (QED) is 0.663. The van der Waals surface area contributed by atoms with E-state index in [1.54, 1.807) is 6.07 Å². The molecule has 1 aliphatic rings. The first-order chi connectivity index (χ1) is 6.02. The highest BCUT2D eigenvalue weighted by molar-refractivity contribution is 9.10. The van der Waals surface area contributed by atoms with Gasteiger partial charge in [0.1, 0.15) is 0 Å². The minimum absolute atomic E-state index is 0.00328. The van der Waals surface area contributed by atoms with E-state index >= 15 is 0 Å². The summed E-state index contributed by atoms with van der Waals surface area (Å²) >= 11 is 8.97. The first kappa shape index (κ1) is 9.41. The molecule has 70 valence electrons. The normalized spacial score (nSPS) is 18.8. The highest BCUT2D eigenvalue weighted by Gasteiger charge is 2.41. The standard InChI is InChI=1S/C9H6BrClF2/c10-6-1-2-7(11)8-5(6)3-4-9(8,12)13/h1-2H,3-4H2. The van der Waals surface area contributed by atoms with E-state index < -0.39 is 5.92 Å². The van der Waals surface area contributed by atoms with Crippen LogP contribution < -0.4 is 0 Å². The Morgan fingerprint density at radius 1 is 1.38 bits per heavy atom. The molecule has 0 N–H and O–H groups in total. The maximum atomic E-state index is 13.3. The Bertz CT molecular complexity index is 363. The molecule has 1 aromatic rings. The second-order valence-corrected chi connectivity index (χ2v) is 4.35. The maximum Gasteiger partial charge on any atom is 0.275 e. The van der Waals surface area contributed by atoms with E-state index in [4.69, 9.17) is 11.6 Å². The van der Waals surface area contributed by atoms with Crippen LogP contribution in [0.4, 0.5) is 8.78 Å². The van der Waals surface area contributed by atoms with Crippen LogP contribution in [0.15, 0.2) is 16.6 Å². The van der Waals surface area contributed by atoms with Gasteiger partial charge in [-0.2, -0.15) is 0 Å². The molecule has 0 radical (unpaired) electrons. The van der Waals surface area contributed by atoms with Gasteiger partial charge in [-0.15, -0.1) is 0 Å². The molecule has 0 aromatic heterocycles. The van der Waals surface area contributed by atoms with Gasteiger partial charge in [-0.25, -0.2) is 8.78 Å². The van der Waals surface area contributed by atoms with Gasteiger partial charge in [0, 0.05) is 16.5 Å². The van der Waals surface area contributed by atoms with Crippen LogP contribution in [0.5, 0.6) is 0 Å². The third kappa shape index (κ3) is 1.38. The molecule has 0 aliphatic heterocycles. The summed E-state index contributed by atoms with van der Waals surface area (Å²) in [5.74, 6) is -2.75. The second-order valence-electron chi connectivity index (χ2n) is 3.09. The number of rotatable bonds is 0. The van der Waals surface area contributed by atoms with Crippen molar-refractivity contribution in [3.05, 3.63) is 32.8 Å². The fourth-order valence-electron chi connectivity index (χ4n) is 1.64. The van der Waals surface area contributed by atoms with Gasteiger partial charge in [-0.1, -0.05) is 27.5 Å². The van der Waals surface area contributed by atoms with Crippen molar-refractivity contribution in [1.29, 1.82) is 0 Å².